The van der Waals surface area contributed by atoms with Gasteiger partial charge in [-0.2, -0.15) is 0 Å². The summed E-state index contributed by atoms with van der Waals surface area (Å²) in [4.78, 5) is 11.9. The number of carbonyl (C=O) groups excluding carboxylic acids is 1. The molecule has 1 aromatic rings. The van der Waals surface area contributed by atoms with E-state index in [0.717, 1.165) is 6.08 Å². The zero-order chi connectivity index (χ0) is 25.0. The van der Waals surface area contributed by atoms with Crippen molar-refractivity contribution in [2.45, 2.75) is 61.4 Å². The molecule has 0 aromatic heterocycles. The van der Waals surface area contributed by atoms with Gasteiger partial charge in [0, 0.05) is 6.08 Å². The summed E-state index contributed by atoms with van der Waals surface area (Å²) in [6, 6.07) is 6.00. The van der Waals surface area contributed by atoms with E-state index in [2.05, 4.69) is 0 Å². The van der Waals surface area contributed by atoms with Crippen molar-refractivity contribution in [2.75, 3.05) is 13.2 Å². The third-order valence-corrected chi connectivity index (χ3v) is 5.50. The lowest BCUT2D eigenvalue weighted by Gasteiger charge is -2.45. The van der Waals surface area contributed by atoms with Gasteiger partial charge in [0.05, 0.1) is 6.61 Å². The predicted octanol–water partition coefficient (Wildman–Crippen LogP) is -3.43. The Morgan fingerprint density at radius 2 is 1.53 bits per heavy atom. The number of hydrogen-bond donors (Lipinski definition) is 8. The lowest BCUT2D eigenvalue weighted by atomic mass is 9.97. The topological polar surface area (TPSA) is 216 Å². The Hall–Kier alpha value is -2.17. The largest absolute Gasteiger partial charge is 0.508 e. The molecule has 2 saturated heterocycles. The summed E-state index contributed by atoms with van der Waals surface area (Å²) in [6.45, 7) is -1.24. The number of ether oxygens (including phenoxy) is 4. The van der Waals surface area contributed by atoms with E-state index in [0.29, 0.717) is 5.56 Å². The van der Waals surface area contributed by atoms with Crippen LogP contribution in [0.3, 0.4) is 0 Å². The molecule has 0 bridgehead atoms. The molecule has 2 aliphatic heterocycles. The van der Waals surface area contributed by atoms with E-state index in [-0.39, 0.29) is 5.75 Å². The number of benzene rings is 1. The molecule has 34 heavy (non-hydrogen) atoms. The number of hydrogen-bond acceptors (Lipinski definition) is 13. The number of phenols is 1. The summed E-state index contributed by atoms with van der Waals surface area (Å²) in [5.74, 6) is -0.735. The van der Waals surface area contributed by atoms with Crippen LogP contribution in [0.1, 0.15) is 5.56 Å². The van der Waals surface area contributed by atoms with Crippen LogP contribution >= 0.6 is 0 Å². The van der Waals surface area contributed by atoms with E-state index in [9.17, 15) is 45.6 Å². The van der Waals surface area contributed by atoms with Gasteiger partial charge in [-0.15, -0.1) is 0 Å². The molecule has 0 radical (unpaired) electrons. The van der Waals surface area contributed by atoms with Crippen molar-refractivity contribution in [3.8, 4) is 5.75 Å². The van der Waals surface area contributed by atoms with Gasteiger partial charge in [0.1, 0.15) is 61.2 Å². The Kier molecular flexibility index (Phi) is 8.95. The number of aliphatic hydroxyl groups excluding tert-OH is 7. The molecule has 0 saturated carbocycles. The summed E-state index contributed by atoms with van der Waals surface area (Å²) in [6.07, 6.45) is -13.9. The first kappa shape index (κ1) is 26.4. The second kappa shape index (κ2) is 11.5. The van der Waals surface area contributed by atoms with Crippen molar-refractivity contribution in [2.24, 2.45) is 0 Å². The molecule has 13 heteroatoms. The maximum atomic E-state index is 11.9. The maximum Gasteiger partial charge on any atom is 0.330 e. The van der Waals surface area contributed by atoms with E-state index < -0.39 is 80.6 Å². The highest BCUT2D eigenvalue weighted by atomic mass is 16.7. The average molecular weight is 488 g/mol. The fourth-order valence-electron chi connectivity index (χ4n) is 3.50. The number of rotatable bonds is 7. The van der Waals surface area contributed by atoms with Crippen LogP contribution in [-0.2, 0) is 23.7 Å². The first-order valence-corrected chi connectivity index (χ1v) is 10.4. The van der Waals surface area contributed by atoms with Gasteiger partial charge in [-0.25, -0.2) is 4.79 Å². The smallest absolute Gasteiger partial charge is 0.330 e. The number of aliphatic hydroxyl groups is 7. The molecule has 2 heterocycles. The van der Waals surface area contributed by atoms with Crippen LogP contribution < -0.4 is 0 Å². The molecule has 8 N–H and O–H groups in total. The molecule has 0 aliphatic carbocycles. The van der Waals surface area contributed by atoms with Gasteiger partial charge in [0.15, 0.2) is 12.6 Å². The van der Waals surface area contributed by atoms with Gasteiger partial charge in [-0.1, -0.05) is 12.1 Å². The molecule has 2 aliphatic rings. The predicted molar refractivity (Wildman–Crippen MR) is 110 cm³/mol. The number of aromatic hydroxyl groups is 1. The van der Waals surface area contributed by atoms with Gasteiger partial charge in [0.25, 0.3) is 0 Å². The Bertz CT molecular complexity index is 828. The summed E-state index contributed by atoms with van der Waals surface area (Å²) in [7, 11) is 0. The second-order valence-corrected chi connectivity index (χ2v) is 7.90. The molecule has 10 unspecified atom stereocenters. The van der Waals surface area contributed by atoms with Crippen LogP contribution in [0.2, 0.25) is 0 Å². The number of esters is 1. The minimum absolute atomic E-state index is 0.0640. The average Bonchev–Trinajstić information content (AvgIpc) is 2.82. The van der Waals surface area contributed by atoms with Crippen molar-refractivity contribution in [3.63, 3.8) is 0 Å². The quantitative estimate of drug-likeness (QED) is 0.139. The highest BCUT2D eigenvalue weighted by Gasteiger charge is 2.50. The van der Waals surface area contributed by atoms with Crippen molar-refractivity contribution in [1.82, 2.24) is 0 Å². The van der Waals surface area contributed by atoms with Crippen LogP contribution in [0.5, 0.6) is 5.75 Å². The molecule has 3 rings (SSSR count). The van der Waals surface area contributed by atoms with Gasteiger partial charge in [-0.3, -0.25) is 0 Å². The van der Waals surface area contributed by atoms with Crippen molar-refractivity contribution in [3.05, 3.63) is 35.9 Å². The second-order valence-electron chi connectivity index (χ2n) is 7.90. The first-order valence-electron chi connectivity index (χ1n) is 10.4. The van der Waals surface area contributed by atoms with Crippen LogP contribution in [0.25, 0.3) is 6.08 Å². The fraction of sp³-hybridized carbons (Fsp3) is 0.571. The molecule has 0 spiro atoms. The molecule has 190 valence electrons. The van der Waals surface area contributed by atoms with E-state index >= 15 is 0 Å². The maximum absolute atomic E-state index is 11.9. The van der Waals surface area contributed by atoms with Crippen LogP contribution in [0.4, 0.5) is 0 Å². The molecular formula is C21H28O13. The summed E-state index contributed by atoms with van der Waals surface area (Å²) < 4.78 is 20.6. The Morgan fingerprint density at radius 3 is 2.18 bits per heavy atom. The number of phenolic OH excluding ortho intramolecular Hbond substituents is 1. The van der Waals surface area contributed by atoms with Crippen LogP contribution in [-0.4, -0.2) is 121 Å². The number of carbonyl (C=O) groups is 1. The van der Waals surface area contributed by atoms with Gasteiger partial charge >= 0.3 is 5.97 Å². The van der Waals surface area contributed by atoms with E-state index in [4.69, 9.17) is 18.9 Å². The standard InChI is InChI=1S/C21H28O13/c22-7-11-14(25)16(27)18(29)21(33-11)34-19-17(28)15(26)12(32-20(19)30)8-31-13(24)6-3-9-1-4-10(23)5-2-9/h1-6,11-12,14-23,25-30H,7-8H2. The van der Waals surface area contributed by atoms with Gasteiger partial charge in [-0.05, 0) is 23.8 Å². The SMILES string of the molecule is O=C(C=Cc1ccc(O)cc1)OCC1OC(O)C(OC2OC(CO)C(O)C(O)C2O)C(O)C1O. The molecule has 13 nitrogen and oxygen atoms in total. The fourth-order valence-corrected chi connectivity index (χ4v) is 3.50. The van der Waals surface area contributed by atoms with Crippen molar-refractivity contribution in [1.29, 1.82) is 0 Å². The monoisotopic (exact) mass is 488 g/mol. The highest BCUT2D eigenvalue weighted by Crippen LogP contribution is 2.28. The van der Waals surface area contributed by atoms with Crippen molar-refractivity contribution >= 4 is 12.0 Å². The highest BCUT2D eigenvalue weighted by molar-refractivity contribution is 5.87. The summed E-state index contributed by atoms with van der Waals surface area (Å²) >= 11 is 0. The molecular weight excluding hydrogens is 460 g/mol. The summed E-state index contributed by atoms with van der Waals surface area (Å²) in [5, 5.41) is 79.1. The summed E-state index contributed by atoms with van der Waals surface area (Å²) in [5.41, 5.74) is 0.614. The van der Waals surface area contributed by atoms with Crippen LogP contribution in [0.15, 0.2) is 30.3 Å². The molecule has 1 aromatic carbocycles. The third kappa shape index (κ3) is 6.09. The normalized spacial score (nSPS) is 38.7. The van der Waals surface area contributed by atoms with Crippen LogP contribution in [0, 0.1) is 0 Å². The third-order valence-electron chi connectivity index (χ3n) is 5.50. The Labute approximate surface area is 193 Å². The minimum Gasteiger partial charge on any atom is -0.508 e. The van der Waals surface area contributed by atoms with Gasteiger partial charge < -0.3 is 59.8 Å². The van der Waals surface area contributed by atoms with E-state index in [1.54, 1.807) is 12.1 Å². The van der Waals surface area contributed by atoms with E-state index in [1.165, 1.54) is 18.2 Å². The first-order chi connectivity index (χ1) is 16.1. The zero-order valence-corrected chi connectivity index (χ0v) is 17.8. The Morgan fingerprint density at radius 1 is 0.882 bits per heavy atom. The molecule has 2 fully saturated rings. The van der Waals surface area contributed by atoms with E-state index in [1.807, 2.05) is 0 Å². The minimum atomic E-state index is -1.86. The zero-order valence-electron chi connectivity index (χ0n) is 17.8. The lowest BCUT2D eigenvalue weighted by molar-refractivity contribution is -0.361. The van der Waals surface area contributed by atoms with Gasteiger partial charge in [0.2, 0.25) is 0 Å². The lowest BCUT2D eigenvalue weighted by Crippen LogP contribution is -2.64. The van der Waals surface area contributed by atoms with Crippen molar-refractivity contribution < 1.29 is 64.6 Å². The molecule has 10 atom stereocenters. The Balaban J connectivity index is 1.54. The molecule has 0 amide bonds.